The molecule has 2 heterocycles. The summed E-state index contributed by atoms with van der Waals surface area (Å²) in [6.07, 6.45) is 1.67. The van der Waals surface area contributed by atoms with Gasteiger partial charge in [0, 0.05) is 32.1 Å². The molecule has 0 radical (unpaired) electrons. The number of ether oxygens (including phenoxy) is 2. The molecular weight excluding hydrogens is 270 g/mol. The first kappa shape index (κ1) is 16.1. The van der Waals surface area contributed by atoms with E-state index in [1.807, 2.05) is 6.92 Å². The SMILES string of the molecule is CCOC(=O)C1CCN(C(=NC)NCC2(C)COC2)CC1. The fourth-order valence-corrected chi connectivity index (χ4v) is 2.76. The molecule has 2 aliphatic rings. The van der Waals surface area contributed by atoms with Crippen molar-refractivity contribution < 1.29 is 14.3 Å². The van der Waals surface area contributed by atoms with Crippen LogP contribution in [0.4, 0.5) is 0 Å². The van der Waals surface area contributed by atoms with Crippen LogP contribution in [0, 0.1) is 11.3 Å². The smallest absolute Gasteiger partial charge is 0.309 e. The van der Waals surface area contributed by atoms with Crippen LogP contribution in [-0.4, -0.2) is 63.3 Å². The molecule has 120 valence electrons. The largest absolute Gasteiger partial charge is 0.466 e. The average Bonchev–Trinajstić information content (AvgIpc) is 2.47. The number of nitrogens with one attached hydrogen (secondary N) is 1. The average molecular weight is 297 g/mol. The summed E-state index contributed by atoms with van der Waals surface area (Å²) in [5, 5.41) is 3.43. The minimum atomic E-state index is -0.0563. The van der Waals surface area contributed by atoms with Gasteiger partial charge in [-0.1, -0.05) is 6.92 Å². The van der Waals surface area contributed by atoms with E-state index in [2.05, 4.69) is 22.1 Å². The van der Waals surface area contributed by atoms with Crippen LogP contribution in [0.1, 0.15) is 26.7 Å². The van der Waals surface area contributed by atoms with Crippen molar-refractivity contribution in [2.24, 2.45) is 16.3 Å². The number of piperidine rings is 1. The van der Waals surface area contributed by atoms with E-state index >= 15 is 0 Å². The van der Waals surface area contributed by atoms with Gasteiger partial charge in [0.25, 0.3) is 0 Å². The predicted octanol–water partition coefficient (Wildman–Crippen LogP) is 0.873. The molecule has 0 aliphatic carbocycles. The lowest BCUT2D eigenvalue weighted by Gasteiger charge is -2.40. The van der Waals surface area contributed by atoms with Crippen molar-refractivity contribution in [2.45, 2.75) is 26.7 Å². The molecule has 6 nitrogen and oxygen atoms in total. The minimum absolute atomic E-state index is 0.0388. The molecule has 2 saturated heterocycles. The molecular formula is C15H27N3O3. The van der Waals surface area contributed by atoms with Gasteiger partial charge in [0.15, 0.2) is 5.96 Å². The second kappa shape index (κ2) is 7.11. The van der Waals surface area contributed by atoms with E-state index < -0.39 is 0 Å². The zero-order valence-electron chi connectivity index (χ0n) is 13.4. The fourth-order valence-electron chi connectivity index (χ4n) is 2.76. The number of rotatable bonds is 4. The number of nitrogens with zero attached hydrogens (tertiary/aromatic N) is 2. The summed E-state index contributed by atoms with van der Waals surface area (Å²) in [6.45, 7) is 8.70. The molecule has 0 bridgehead atoms. The lowest BCUT2D eigenvalue weighted by molar-refractivity contribution is -0.149. The fraction of sp³-hybridized carbons (Fsp3) is 0.867. The first-order valence-electron chi connectivity index (χ1n) is 7.78. The Kier molecular flexibility index (Phi) is 5.45. The Morgan fingerprint density at radius 1 is 1.43 bits per heavy atom. The maximum absolute atomic E-state index is 11.7. The van der Waals surface area contributed by atoms with Crippen LogP contribution in [-0.2, 0) is 14.3 Å². The van der Waals surface area contributed by atoms with E-state index in [9.17, 15) is 4.79 Å². The van der Waals surface area contributed by atoms with Crippen molar-refractivity contribution in [1.82, 2.24) is 10.2 Å². The number of likely N-dealkylation sites (tertiary alicyclic amines) is 1. The summed E-state index contributed by atoms with van der Waals surface area (Å²) in [5.74, 6) is 0.904. The van der Waals surface area contributed by atoms with Gasteiger partial charge in [-0.25, -0.2) is 0 Å². The highest BCUT2D eigenvalue weighted by Gasteiger charge is 2.34. The summed E-state index contributed by atoms with van der Waals surface area (Å²) >= 11 is 0. The van der Waals surface area contributed by atoms with Crippen LogP contribution in [0.15, 0.2) is 4.99 Å². The van der Waals surface area contributed by atoms with Gasteiger partial charge in [-0.15, -0.1) is 0 Å². The number of aliphatic imine (C=N–C) groups is 1. The van der Waals surface area contributed by atoms with E-state index in [0.29, 0.717) is 6.61 Å². The molecule has 0 spiro atoms. The van der Waals surface area contributed by atoms with Gasteiger partial charge in [-0.2, -0.15) is 0 Å². The van der Waals surface area contributed by atoms with Crippen molar-refractivity contribution in [3.63, 3.8) is 0 Å². The number of hydrogen-bond acceptors (Lipinski definition) is 4. The number of hydrogen-bond donors (Lipinski definition) is 1. The second-order valence-electron chi connectivity index (χ2n) is 6.22. The molecule has 0 atom stereocenters. The first-order valence-corrected chi connectivity index (χ1v) is 7.78. The van der Waals surface area contributed by atoms with Crippen molar-refractivity contribution in [2.75, 3.05) is 46.5 Å². The Balaban J connectivity index is 1.78. The molecule has 2 aliphatic heterocycles. The van der Waals surface area contributed by atoms with Gasteiger partial charge >= 0.3 is 5.97 Å². The Labute approximate surface area is 126 Å². The number of carbonyl (C=O) groups excluding carboxylic acids is 1. The Hall–Kier alpha value is -1.30. The maximum Gasteiger partial charge on any atom is 0.309 e. The molecule has 0 unspecified atom stereocenters. The molecule has 0 aromatic carbocycles. The molecule has 6 heteroatoms. The molecule has 0 amide bonds. The number of guanidine groups is 1. The van der Waals surface area contributed by atoms with Crippen LogP contribution in [0.2, 0.25) is 0 Å². The van der Waals surface area contributed by atoms with Crippen LogP contribution >= 0.6 is 0 Å². The van der Waals surface area contributed by atoms with E-state index in [-0.39, 0.29) is 17.3 Å². The second-order valence-corrected chi connectivity index (χ2v) is 6.22. The van der Waals surface area contributed by atoms with Gasteiger partial charge in [-0.3, -0.25) is 9.79 Å². The maximum atomic E-state index is 11.7. The van der Waals surface area contributed by atoms with Crippen LogP contribution in [0.5, 0.6) is 0 Å². The quantitative estimate of drug-likeness (QED) is 0.474. The summed E-state index contributed by atoms with van der Waals surface area (Å²) in [4.78, 5) is 18.3. The number of carbonyl (C=O) groups is 1. The van der Waals surface area contributed by atoms with Gasteiger partial charge in [-0.05, 0) is 19.8 Å². The monoisotopic (exact) mass is 297 g/mol. The van der Waals surface area contributed by atoms with Gasteiger partial charge < -0.3 is 19.7 Å². The highest BCUT2D eigenvalue weighted by Crippen LogP contribution is 2.25. The minimum Gasteiger partial charge on any atom is -0.466 e. The molecule has 2 rings (SSSR count). The molecule has 1 N–H and O–H groups in total. The topological polar surface area (TPSA) is 63.2 Å². The Morgan fingerprint density at radius 2 is 2.10 bits per heavy atom. The van der Waals surface area contributed by atoms with E-state index in [0.717, 1.165) is 51.6 Å². The third-order valence-corrected chi connectivity index (χ3v) is 4.20. The van der Waals surface area contributed by atoms with Crippen LogP contribution in [0.25, 0.3) is 0 Å². The third-order valence-electron chi connectivity index (χ3n) is 4.20. The van der Waals surface area contributed by atoms with Gasteiger partial charge in [0.2, 0.25) is 0 Å². The van der Waals surface area contributed by atoms with Crippen molar-refractivity contribution >= 4 is 11.9 Å². The molecule has 0 aromatic rings. The third kappa shape index (κ3) is 4.09. The van der Waals surface area contributed by atoms with E-state index in [1.54, 1.807) is 7.05 Å². The van der Waals surface area contributed by atoms with Gasteiger partial charge in [0.05, 0.1) is 25.7 Å². The molecule has 21 heavy (non-hydrogen) atoms. The Bertz CT molecular complexity index is 386. The highest BCUT2D eigenvalue weighted by molar-refractivity contribution is 5.80. The lowest BCUT2D eigenvalue weighted by Crippen LogP contribution is -2.53. The zero-order chi connectivity index (χ0) is 15.3. The summed E-state index contributed by atoms with van der Waals surface area (Å²) in [6, 6.07) is 0. The normalized spacial score (nSPS) is 22.6. The zero-order valence-corrected chi connectivity index (χ0v) is 13.4. The van der Waals surface area contributed by atoms with Crippen LogP contribution < -0.4 is 5.32 Å². The van der Waals surface area contributed by atoms with E-state index in [1.165, 1.54) is 0 Å². The lowest BCUT2D eigenvalue weighted by atomic mass is 9.89. The van der Waals surface area contributed by atoms with Crippen molar-refractivity contribution in [1.29, 1.82) is 0 Å². The Morgan fingerprint density at radius 3 is 2.57 bits per heavy atom. The predicted molar refractivity (Wildman–Crippen MR) is 81.2 cm³/mol. The van der Waals surface area contributed by atoms with Crippen molar-refractivity contribution in [3.05, 3.63) is 0 Å². The molecule has 2 fully saturated rings. The number of esters is 1. The highest BCUT2D eigenvalue weighted by atomic mass is 16.5. The molecule has 0 saturated carbocycles. The summed E-state index contributed by atoms with van der Waals surface area (Å²) in [7, 11) is 1.80. The molecule has 0 aromatic heterocycles. The van der Waals surface area contributed by atoms with E-state index in [4.69, 9.17) is 9.47 Å². The summed E-state index contributed by atoms with van der Waals surface area (Å²) in [5.41, 5.74) is 0.221. The summed E-state index contributed by atoms with van der Waals surface area (Å²) < 4.78 is 10.4. The first-order chi connectivity index (χ1) is 10.1. The van der Waals surface area contributed by atoms with Gasteiger partial charge in [0.1, 0.15) is 0 Å². The van der Waals surface area contributed by atoms with Crippen molar-refractivity contribution in [3.8, 4) is 0 Å². The standard InChI is InChI=1S/C15H27N3O3/c1-4-21-13(19)12-5-7-18(8-6-12)14(16-3)17-9-15(2)10-20-11-15/h12H,4-11H2,1-3H3,(H,16,17). The van der Waals surface area contributed by atoms with Crippen LogP contribution in [0.3, 0.4) is 0 Å².